The molecule has 1 fully saturated rings. The molecule has 0 aliphatic carbocycles. The number of rotatable bonds is 5. The van der Waals surface area contributed by atoms with E-state index in [-0.39, 0.29) is 17.3 Å². The summed E-state index contributed by atoms with van der Waals surface area (Å²) in [6.45, 7) is 3.28. The number of thiazole rings is 1. The number of anilines is 1. The van der Waals surface area contributed by atoms with Gasteiger partial charge in [-0.25, -0.2) is 9.37 Å². The van der Waals surface area contributed by atoms with Gasteiger partial charge in [0.15, 0.2) is 5.13 Å². The second-order valence-corrected chi connectivity index (χ2v) is 6.74. The predicted octanol–water partition coefficient (Wildman–Crippen LogP) is 3.04. The Morgan fingerprint density at radius 2 is 2.21 bits per heavy atom. The zero-order valence-electron chi connectivity index (χ0n) is 13.5. The van der Waals surface area contributed by atoms with Gasteiger partial charge in [0.25, 0.3) is 0 Å². The largest absolute Gasteiger partial charge is 0.381 e. The molecule has 0 radical (unpaired) electrons. The number of nitrogens with zero attached hydrogens (tertiary/aromatic N) is 1. The van der Waals surface area contributed by atoms with Crippen molar-refractivity contribution >= 4 is 22.4 Å². The Hall–Kier alpha value is -1.83. The highest BCUT2D eigenvalue weighted by molar-refractivity contribution is 7.13. The lowest BCUT2D eigenvalue weighted by Gasteiger charge is -2.38. The van der Waals surface area contributed by atoms with Crippen LogP contribution in [0.3, 0.4) is 0 Å². The summed E-state index contributed by atoms with van der Waals surface area (Å²) in [7, 11) is 0. The van der Waals surface area contributed by atoms with Gasteiger partial charge in [-0.1, -0.05) is 12.1 Å². The molecule has 128 valence electrons. The minimum Gasteiger partial charge on any atom is -0.381 e. The van der Waals surface area contributed by atoms with Gasteiger partial charge in [-0.05, 0) is 30.5 Å². The number of carbonyl (C=O) groups excluding carboxylic acids is 1. The molecule has 0 bridgehead atoms. The van der Waals surface area contributed by atoms with Crippen LogP contribution in [-0.2, 0) is 21.6 Å². The number of nitrogens with one attached hydrogen (secondary N) is 2. The van der Waals surface area contributed by atoms with Crippen molar-refractivity contribution in [3.8, 4) is 0 Å². The van der Waals surface area contributed by atoms with Crippen LogP contribution in [-0.4, -0.2) is 24.1 Å². The van der Waals surface area contributed by atoms with Crippen molar-refractivity contribution in [2.24, 2.45) is 0 Å². The third-order valence-corrected chi connectivity index (χ3v) is 4.97. The van der Waals surface area contributed by atoms with Crippen LogP contribution in [0.4, 0.5) is 9.52 Å². The third kappa shape index (κ3) is 3.98. The van der Waals surface area contributed by atoms with Gasteiger partial charge in [-0.15, -0.1) is 11.3 Å². The van der Waals surface area contributed by atoms with Crippen molar-refractivity contribution < 1.29 is 13.9 Å². The zero-order chi connectivity index (χ0) is 17.0. The van der Waals surface area contributed by atoms with Crippen LogP contribution in [0.1, 0.15) is 31.0 Å². The fourth-order valence-corrected chi connectivity index (χ4v) is 3.69. The van der Waals surface area contributed by atoms with Crippen molar-refractivity contribution in [1.82, 2.24) is 10.3 Å². The molecule has 7 heteroatoms. The molecule has 1 aliphatic heterocycles. The number of benzene rings is 1. The van der Waals surface area contributed by atoms with E-state index in [1.54, 1.807) is 12.1 Å². The lowest BCUT2D eigenvalue weighted by Crippen LogP contribution is -2.46. The summed E-state index contributed by atoms with van der Waals surface area (Å²) in [5, 5.41) is 8.73. The van der Waals surface area contributed by atoms with Crippen LogP contribution in [0.2, 0.25) is 0 Å². The normalized spacial score (nSPS) is 16.8. The predicted molar refractivity (Wildman–Crippen MR) is 91.4 cm³/mol. The molecule has 3 rings (SSSR count). The summed E-state index contributed by atoms with van der Waals surface area (Å²) in [5.74, 6) is -0.369. The standard InChI is InChI=1S/C17H20FN3O2S/c1-12(22)20-16-21-15(11-24-16)10-19-17(5-7-23-8-6-17)13-3-2-4-14(18)9-13/h2-4,9,11,19H,5-8,10H2,1H3,(H,20,21,22). The molecule has 1 amide bonds. The van der Waals surface area contributed by atoms with E-state index in [4.69, 9.17) is 4.74 Å². The molecule has 0 unspecified atom stereocenters. The summed E-state index contributed by atoms with van der Waals surface area (Å²) in [5.41, 5.74) is 1.46. The van der Waals surface area contributed by atoms with Crippen LogP contribution >= 0.6 is 11.3 Å². The molecule has 24 heavy (non-hydrogen) atoms. The molecule has 1 aliphatic rings. The molecule has 5 nitrogen and oxygen atoms in total. The molecule has 0 atom stereocenters. The Bertz CT molecular complexity index is 713. The first kappa shape index (κ1) is 17.0. The maximum atomic E-state index is 13.7. The Morgan fingerprint density at radius 1 is 1.42 bits per heavy atom. The third-order valence-electron chi connectivity index (χ3n) is 4.17. The summed E-state index contributed by atoms with van der Waals surface area (Å²) in [6.07, 6.45) is 1.55. The van der Waals surface area contributed by atoms with E-state index in [9.17, 15) is 9.18 Å². The average molecular weight is 349 g/mol. The molecule has 2 N–H and O–H groups in total. The van der Waals surface area contributed by atoms with Crippen molar-refractivity contribution in [1.29, 1.82) is 0 Å². The lowest BCUT2D eigenvalue weighted by atomic mass is 9.82. The molecule has 1 saturated heterocycles. The number of ether oxygens (including phenoxy) is 1. The smallest absolute Gasteiger partial charge is 0.223 e. The number of hydrogen-bond donors (Lipinski definition) is 2. The topological polar surface area (TPSA) is 63.2 Å². The van der Waals surface area contributed by atoms with E-state index < -0.39 is 0 Å². The minimum atomic E-state index is -0.321. The van der Waals surface area contributed by atoms with Crippen molar-refractivity contribution in [2.75, 3.05) is 18.5 Å². The summed E-state index contributed by atoms with van der Waals surface area (Å²) in [4.78, 5) is 15.5. The number of halogens is 1. The van der Waals surface area contributed by atoms with Gasteiger partial charge in [-0.2, -0.15) is 0 Å². The maximum absolute atomic E-state index is 13.7. The Morgan fingerprint density at radius 3 is 2.92 bits per heavy atom. The van der Waals surface area contributed by atoms with Gasteiger partial charge in [0.05, 0.1) is 5.69 Å². The van der Waals surface area contributed by atoms with Crippen LogP contribution in [0.25, 0.3) is 0 Å². The van der Waals surface area contributed by atoms with Gasteiger partial charge in [0.2, 0.25) is 5.91 Å². The number of aromatic nitrogens is 1. The van der Waals surface area contributed by atoms with Gasteiger partial charge >= 0.3 is 0 Å². The molecular weight excluding hydrogens is 329 g/mol. The Balaban J connectivity index is 1.75. The van der Waals surface area contributed by atoms with Gasteiger partial charge < -0.3 is 15.4 Å². The molecule has 2 heterocycles. The summed E-state index contributed by atoms with van der Waals surface area (Å²) < 4.78 is 19.2. The molecule has 2 aromatic rings. The average Bonchev–Trinajstić information content (AvgIpc) is 3.01. The lowest BCUT2D eigenvalue weighted by molar-refractivity contribution is -0.114. The van der Waals surface area contributed by atoms with Gasteiger partial charge in [-0.3, -0.25) is 4.79 Å². The molecule has 1 aromatic heterocycles. The highest BCUT2D eigenvalue weighted by Crippen LogP contribution is 2.33. The first-order chi connectivity index (χ1) is 11.6. The fraction of sp³-hybridized carbons (Fsp3) is 0.412. The van der Waals surface area contributed by atoms with E-state index in [1.807, 2.05) is 11.4 Å². The maximum Gasteiger partial charge on any atom is 0.223 e. The van der Waals surface area contributed by atoms with Crippen LogP contribution in [0.5, 0.6) is 0 Å². The van der Waals surface area contributed by atoms with Crippen molar-refractivity contribution in [3.63, 3.8) is 0 Å². The second-order valence-electron chi connectivity index (χ2n) is 5.88. The number of amides is 1. The SMILES string of the molecule is CC(=O)Nc1nc(CNC2(c3cccc(F)c3)CCOCC2)cs1. The van der Waals surface area contributed by atoms with E-state index in [0.717, 1.165) is 24.1 Å². The molecular formula is C17H20FN3O2S. The molecule has 0 spiro atoms. The van der Waals surface area contributed by atoms with Crippen LogP contribution in [0, 0.1) is 5.82 Å². The van der Waals surface area contributed by atoms with E-state index in [1.165, 1.54) is 24.3 Å². The highest BCUT2D eigenvalue weighted by Gasteiger charge is 2.34. The monoisotopic (exact) mass is 349 g/mol. The fourth-order valence-electron chi connectivity index (χ4n) is 2.93. The quantitative estimate of drug-likeness (QED) is 0.871. The second kappa shape index (κ2) is 7.38. The van der Waals surface area contributed by atoms with Crippen LogP contribution < -0.4 is 10.6 Å². The first-order valence-corrected chi connectivity index (χ1v) is 8.76. The van der Waals surface area contributed by atoms with E-state index in [0.29, 0.717) is 24.9 Å². The first-order valence-electron chi connectivity index (χ1n) is 7.88. The van der Waals surface area contributed by atoms with Crippen LogP contribution in [0.15, 0.2) is 29.6 Å². The van der Waals surface area contributed by atoms with Gasteiger partial charge in [0, 0.05) is 37.6 Å². The highest BCUT2D eigenvalue weighted by atomic mass is 32.1. The summed E-state index contributed by atoms with van der Waals surface area (Å²) in [6, 6.07) is 6.73. The summed E-state index contributed by atoms with van der Waals surface area (Å²) >= 11 is 1.39. The Kier molecular flexibility index (Phi) is 5.23. The zero-order valence-corrected chi connectivity index (χ0v) is 14.3. The molecule has 0 saturated carbocycles. The van der Waals surface area contributed by atoms with Crippen molar-refractivity contribution in [2.45, 2.75) is 31.8 Å². The molecule has 1 aromatic carbocycles. The van der Waals surface area contributed by atoms with Crippen molar-refractivity contribution in [3.05, 3.63) is 46.7 Å². The Labute approximate surface area is 144 Å². The van der Waals surface area contributed by atoms with E-state index in [2.05, 4.69) is 15.6 Å². The van der Waals surface area contributed by atoms with Gasteiger partial charge in [0.1, 0.15) is 5.82 Å². The minimum absolute atomic E-state index is 0.135. The number of hydrogen-bond acceptors (Lipinski definition) is 5. The number of carbonyl (C=O) groups is 1. The van der Waals surface area contributed by atoms with E-state index >= 15 is 0 Å².